The van der Waals surface area contributed by atoms with Crippen molar-refractivity contribution >= 4 is 31.9 Å². The Morgan fingerprint density at radius 1 is 0.604 bits per heavy atom. The third-order valence-electron chi connectivity index (χ3n) is 7.48. The van der Waals surface area contributed by atoms with E-state index in [0.29, 0.717) is 57.6 Å². The smallest absolute Gasteiger partial charge is 0.406 e. The first-order valence-corrected chi connectivity index (χ1v) is 15.8. The van der Waals surface area contributed by atoms with Crippen molar-refractivity contribution in [2.75, 3.05) is 27.2 Å². The average molecular weight is 808 g/mol. The van der Waals surface area contributed by atoms with Gasteiger partial charge in [0.1, 0.15) is 20.7 Å². The molecule has 0 saturated carbocycles. The van der Waals surface area contributed by atoms with Crippen LogP contribution in [0.3, 0.4) is 0 Å². The monoisotopic (exact) mass is 806 g/mol. The molecule has 4 heterocycles. The summed E-state index contributed by atoms with van der Waals surface area (Å²) in [5, 5.41) is 8.45. The first-order chi connectivity index (χ1) is 22.5. The van der Waals surface area contributed by atoms with Crippen LogP contribution in [0.1, 0.15) is 22.3 Å². The highest BCUT2D eigenvalue weighted by Crippen LogP contribution is 2.27. The molecule has 2 aromatic carbocycles. The molecule has 0 fully saturated rings. The van der Waals surface area contributed by atoms with Gasteiger partial charge in [-0.25, -0.2) is 0 Å². The normalized spacial score (nSPS) is 15.2. The van der Waals surface area contributed by atoms with Gasteiger partial charge in [-0.05, 0) is 113 Å². The van der Waals surface area contributed by atoms with Crippen LogP contribution in [0.15, 0.2) is 67.3 Å². The van der Waals surface area contributed by atoms with E-state index in [0.717, 1.165) is 48.5 Å². The van der Waals surface area contributed by atoms with Gasteiger partial charge in [0.25, 0.3) is 11.1 Å². The zero-order chi connectivity index (χ0) is 35.0. The molecule has 0 radical (unpaired) electrons. The van der Waals surface area contributed by atoms with E-state index in [1.807, 2.05) is 19.0 Å². The van der Waals surface area contributed by atoms with Gasteiger partial charge < -0.3 is 19.3 Å². The highest BCUT2D eigenvalue weighted by atomic mass is 79.9. The van der Waals surface area contributed by atoms with Crippen LogP contribution in [0.25, 0.3) is 11.4 Å². The maximum Gasteiger partial charge on any atom is 0.573 e. The third-order valence-corrected chi connectivity index (χ3v) is 8.75. The van der Waals surface area contributed by atoms with E-state index >= 15 is 0 Å². The summed E-state index contributed by atoms with van der Waals surface area (Å²) in [5.41, 5.74) is 3.25. The minimum absolute atomic E-state index is 0.259. The van der Waals surface area contributed by atoms with Gasteiger partial charge in [-0.1, -0.05) is 0 Å². The molecule has 2 aromatic heterocycles. The van der Waals surface area contributed by atoms with Crippen molar-refractivity contribution < 1.29 is 35.8 Å². The predicted molar refractivity (Wildman–Crippen MR) is 169 cm³/mol. The largest absolute Gasteiger partial charge is 0.573 e. The number of fused-ring (bicyclic) bond motifs is 2. The van der Waals surface area contributed by atoms with Crippen molar-refractivity contribution in [3.8, 4) is 22.9 Å². The van der Waals surface area contributed by atoms with E-state index in [-0.39, 0.29) is 22.6 Å². The van der Waals surface area contributed by atoms with Crippen molar-refractivity contribution in [1.29, 1.82) is 0 Å². The topological polar surface area (TPSA) is 94.7 Å². The van der Waals surface area contributed by atoms with Crippen LogP contribution < -0.4 is 20.6 Å². The van der Waals surface area contributed by atoms with E-state index in [1.54, 1.807) is 0 Å². The molecule has 0 bridgehead atoms. The molecule has 0 amide bonds. The average Bonchev–Trinajstić information content (AvgIpc) is 3.00. The standard InChI is InChI=1S/2C15H13BrF3N3O2/c1-21-7-6-11-12(8-21)13(16)20-22(14(11)23)9-2-4-10(5-3-9)24-15(17,18)19;1-21-7-6-11-12(8-21)14(23)22(20-13(11)16)9-2-4-10(5-3-9)24-15(17,18)19/h2*2-5H,6-8H2,1H3. The van der Waals surface area contributed by atoms with Gasteiger partial charge in [0.05, 0.1) is 11.4 Å². The number of ether oxygens (including phenoxy) is 2. The van der Waals surface area contributed by atoms with Crippen LogP contribution in [-0.2, 0) is 25.9 Å². The van der Waals surface area contributed by atoms with Crippen molar-refractivity contribution in [3.05, 3.63) is 101 Å². The lowest BCUT2D eigenvalue weighted by Gasteiger charge is -2.25. The number of likely N-dealkylation sites (N-methyl/N-ethyl adjacent to an activating group) is 2. The Morgan fingerprint density at radius 3 is 1.42 bits per heavy atom. The van der Waals surface area contributed by atoms with Gasteiger partial charge in [0, 0.05) is 42.9 Å². The molecule has 0 aliphatic carbocycles. The molecule has 0 spiro atoms. The second kappa shape index (κ2) is 14.0. The van der Waals surface area contributed by atoms with Crippen LogP contribution in [0.4, 0.5) is 26.3 Å². The SMILES string of the molecule is CN1CCc2c(Br)nn(-c3ccc(OC(F)(F)F)cc3)c(=O)c2C1.CN1CCc2c(c(Br)nn(-c3ccc(OC(F)(F)F)cc3)c2=O)C1. The summed E-state index contributed by atoms with van der Waals surface area (Å²) in [7, 11) is 3.88. The fraction of sp³-hybridized carbons (Fsp3) is 0.333. The summed E-state index contributed by atoms with van der Waals surface area (Å²) in [6.07, 6.45) is -8.19. The number of hydrogen-bond donors (Lipinski definition) is 0. The van der Waals surface area contributed by atoms with Crippen molar-refractivity contribution in [2.24, 2.45) is 0 Å². The zero-order valence-corrected chi connectivity index (χ0v) is 28.4. The van der Waals surface area contributed by atoms with E-state index < -0.39 is 12.7 Å². The highest BCUT2D eigenvalue weighted by molar-refractivity contribution is 9.10. The summed E-state index contributed by atoms with van der Waals surface area (Å²) < 4.78 is 84.4. The van der Waals surface area contributed by atoms with Crippen molar-refractivity contribution in [2.45, 2.75) is 38.7 Å². The second-order valence-electron chi connectivity index (χ2n) is 11.0. The molecule has 18 heteroatoms. The van der Waals surface area contributed by atoms with Crippen molar-refractivity contribution in [3.63, 3.8) is 0 Å². The molecule has 2 aliphatic rings. The predicted octanol–water partition coefficient (Wildman–Crippen LogP) is 5.76. The molecule has 0 N–H and O–H groups in total. The number of benzene rings is 2. The summed E-state index contributed by atoms with van der Waals surface area (Å²) >= 11 is 6.75. The van der Waals surface area contributed by atoms with Crippen LogP contribution >= 0.6 is 31.9 Å². The Bertz CT molecular complexity index is 1910. The lowest BCUT2D eigenvalue weighted by molar-refractivity contribution is -0.275. The van der Waals surface area contributed by atoms with Crippen LogP contribution in [0.2, 0.25) is 0 Å². The van der Waals surface area contributed by atoms with Gasteiger partial charge in [-0.2, -0.15) is 19.6 Å². The molecule has 0 saturated heterocycles. The second-order valence-corrected chi connectivity index (χ2v) is 12.5. The summed E-state index contributed by atoms with van der Waals surface area (Å²) in [6.45, 7) is 2.72. The third kappa shape index (κ3) is 8.45. The molecular weight excluding hydrogens is 782 g/mol. The van der Waals surface area contributed by atoms with Gasteiger partial charge >= 0.3 is 12.7 Å². The Morgan fingerprint density at radius 2 is 0.979 bits per heavy atom. The first kappa shape index (κ1) is 35.6. The van der Waals surface area contributed by atoms with Gasteiger partial charge in [0.2, 0.25) is 0 Å². The number of alkyl halides is 6. The summed E-state index contributed by atoms with van der Waals surface area (Å²) in [4.78, 5) is 29.4. The molecule has 6 rings (SSSR count). The van der Waals surface area contributed by atoms with E-state index in [9.17, 15) is 35.9 Å². The molecule has 0 unspecified atom stereocenters. The zero-order valence-electron chi connectivity index (χ0n) is 25.2. The lowest BCUT2D eigenvalue weighted by atomic mass is 10.0. The van der Waals surface area contributed by atoms with E-state index in [2.05, 4.69) is 56.4 Å². The Labute approximate surface area is 285 Å². The van der Waals surface area contributed by atoms with E-state index in [4.69, 9.17) is 0 Å². The van der Waals surface area contributed by atoms with Crippen molar-refractivity contribution in [1.82, 2.24) is 29.4 Å². The molecular formula is C30H26Br2F6N6O4. The first-order valence-electron chi connectivity index (χ1n) is 14.2. The minimum atomic E-state index is -4.75. The fourth-order valence-electron chi connectivity index (χ4n) is 5.22. The fourth-order valence-corrected chi connectivity index (χ4v) is 6.34. The Kier molecular flexibility index (Phi) is 10.4. The van der Waals surface area contributed by atoms with Crippen LogP contribution in [0.5, 0.6) is 11.5 Å². The maximum absolute atomic E-state index is 12.7. The maximum atomic E-state index is 12.7. The van der Waals surface area contributed by atoms with E-state index in [1.165, 1.54) is 33.6 Å². The molecule has 0 atom stereocenters. The molecule has 10 nitrogen and oxygen atoms in total. The van der Waals surface area contributed by atoms with Crippen LogP contribution in [0, 0.1) is 0 Å². The number of rotatable bonds is 4. The summed E-state index contributed by atoms with van der Waals surface area (Å²) in [6, 6.07) is 10.1. The number of hydrogen-bond acceptors (Lipinski definition) is 8. The Hall–Kier alpha value is -3.74. The Balaban J connectivity index is 0.000000188. The highest BCUT2D eigenvalue weighted by Gasteiger charge is 2.32. The number of aromatic nitrogens is 4. The molecule has 256 valence electrons. The van der Waals surface area contributed by atoms with Gasteiger partial charge in [-0.3, -0.25) is 9.59 Å². The number of halogens is 8. The molecule has 4 aromatic rings. The summed E-state index contributed by atoms with van der Waals surface area (Å²) in [5.74, 6) is -0.700. The van der Waals surface area contributed by atoms with Gasteiger partial charge in [-0.15, -0.1) is 26.3 Å². The minimum Gasteiger partial charge on any atom is -0.406 e. The number of nitrogens with zero attached hydrogens (tertiary/aromatic N) is 6. The molecule has 48 heavy (non-hydrogen) atoms. The lowest BCUT2D eigenvalue weighted by Crippen LogP contribution is -2.36. The molecule has 2 aliphatic heterocycles. The van der Waals surface area contributed by atoms with Gasteiger partial charge in [0.15, 0.2) is 0 Å². The van der Waals surface area contributed by atoms with Crippen LogP contribution in [-0.4, -0.2) is 69.3 Å². The quantitative estimate of drug-likeness (QED) is 0.241.